The number of benzene rings is 2. The minimum Gasteiger partial charge on any atom is -0.497 e. The standard InChI is InChI=1S/C22H19F3N6O5/c1-9-12-7-11(33-2)8-15(35-4)16(12)28-20(27-9)31-21-29-17-13(5-10(26)6-14(17)34-3)18(30-21)36-19(32)22(23,24)25/h5-8H,26H2,1-4H3,(H,27,28,29,30,31). The zero-order valence-corrected chi connectivity index (χ0v) is 19.4. The number of ether oxygens (including phenoxy) is 4. The fourth-order valence-corrected chi connectivity index (χ4v) is 3.38. The van der Waals surface area contributed by atoms with Crippen molar-refractivity contribution in [3.63, 3.8) is 0 Å². The Morgan fingerprint density at radius 3 is 2.08 bits per heavy atom. The topological polar surface area (TPSA) is 144 Å². The summed E-state index contributed by atoms with van der Waals surface area (Å²) in [6.45, 7) is 1.72. The second-order valence-electron chi connectivity index (χ2n) is 7.34. The molecule has 0 fully saturated rings. The Kier molecular flexibility index (Phi) is 6.26. The minimum atomic E-state index is -5.26. The van der Waals surface area contributed by atoms with Crippen molar-refractivity contribution < 1.29 is 36.9 Å². The van der Waals surface area contributed by atoms with Gasteiger partial charge >= 0.3 is 12.1 Å². The van der Waals surface area contributed by atoms with Gasteiger partial charge in [-0.15, -0.1) is 0 Å². The molecule has 0 amide bonds. The Labute approximate surface area is 201 Å². The molecule has 0 radical (unpaired) electrons. The third kappa shape index (κ3) is 4.64. The number of carbonyl (C=O) groups is 1. The predicted octanol–water partition coefficient (Wildman–Crippen LogP) is 3.70. The summed E-state index contributed by atoms with van der Waals surface area (Å²) in [7, 11) is 4.29. The highest BCUT2D eigenvalue weighted by Crippen LogP contribution is 2.36. The van der Waals surface area contributed by atoms with Crippen LogP contribution in [0.5, 0.6) is 23.1 Å². The number of carbonyl (C=O) groups excluding carboxylic acids is 1. The van der Waals surface area contributed by atoms with E-state index in [1.54, 1.807) is 19.1 Å². The van der Waals surface area contributed by atoms with E-state index in [1.165, 1.54) is 33.5 Å². The molecule has 2 aromatic heterocycles. The molecular weight excluding hydrogens is 485 g/mol. The Morgan fingerprint density at radius 2 is 1.47 bits per heavy atom. The van der Waals surface area contributed by atoms with E-state index in [-0.39, 0.29) is 34.2 Å². The lowest BCUT2D eigenvalue weighted by atomic mass is 10.1. The minimum absolute atomic E-state index is 0.00493. The molecule has 0 aliphatic carbocycles. The van der Waals surface area contributed by atoms with Gasteiger partial charge in [-0.05, 0) is 19.1 Å². The van der Waals surface area contributed by atoms with Crippen LogP contribution >= 0.6 is 0 Å². The number of fused-ring (bicyclic) bond motifs is 2. The molecule has 0 aliphatic rings. The monoisotopic (exact) mass is 504 g/mol. The molecule has 2 heterocycles. The molecule has 0 unspecified atom stereocenters. The van der Waals surface area contributed by atoms with Crippen LogP contribution in [0.4, 0.5) is 30.8 Å². The average molecular weight is 504 g/mol. The number of alkyl halides is 3. The van der Waals surface area contributed by atoms with Gasteiger partial charge in [-0.25, -0.2) is 19.7 Å². The van der Waals surface area contributed by atoms with Gasteiger partial charge in [0.1, 0.15) is 28.3 Å². The van der Waals surface area contributed by atoms with Crippen LogP contribution < -0.4 is 30.0 Å². The quantitative estimate of drug-likeness (QED) is 0.293. The number of rotatable bonds is 6. The summed E-state index contributed by atoms with van der Waals surface area (Å²) in [6, 6.07) is 6.03. The van der Waals surface area contributed by atoms with Gasteiger partial charge in [0.25, 0.3) is 0 Å². The smallest absolute Gasteiger partial charge is 0.491 e. The first-order valence-corrected chi connectivity index (χ1v) is 10.2. The maximum Gasteiger partial charge on any atom is 0.491 e. The number of nitrogens with one attached hydrogen (secondary N) is 1. The SMILES string of the molecule is COc1cc(OC)c2nc(Nc3nc(OC(=O)C(F)(F)F)c4cc(N)cc(OC)c4n3)nc(C)c2c1. The number of nitrogen functional groups attached to an aromatic ring is 1. The third-order valence-electron chi connectivity index (χ3n) is 5.00. The zero-order chi connectivity index (χ0) is 26.2. The van der Waals surface area contributed by atoms with Crippen molar-refractivity contribution in [2.24, 2.45) is 0 Å². The van der Waals surface area contributed by atoms with Gasteiger partial charge in [0.05, 0.1) is 32.4 Å². The van der Waals surface area contributed by atoms with Crippen LogP contribution in [0.2, 0.25) is 0 Å². The number of nitrogens with two attached hydrogens (primary N) is 1. The van der Waals surface area contributed by atoms with Crippen LogP contribution in [0.3, 0.4) is 0 Å². The molecule has 0 aliphatic heterocycles. The number of halogens is 3. The van der Waals surface area contributed by atoms with Crippen molar-refractivity contribution in [3.8, 4) is 23.1 Å². The number of hydrogen-bond acceptors (Lipinski definition) is 11. The molecule has 14 heteroatoms. The van der Waals surface area contributed by atoms with Crippen LogP contribution in [0.25, 0.3) is 21.8 Å². The lowest BCUT2D eigenvalue weighted by Gasteiger charge is -2.14. The van der Waals surface area contributed by atoms with Gasteiger partial charge in [0.15, 0.2) is 0 Å². The number of esters is 1. The summed E-state index contributed by atoms with van der Waals surface area (Å²) in [5, 5.41) is 3.31. The number of hydrogen-bond donors (Lipinski definition) is 2. The fourth-order valence-electron chi connectivity index (χ4n) is 3.38. The first-order valence-electron chi connectivity index (χ1n) is 10.2. The second kappa shape index (κ2) is 9.20. The van der Waals surface area contributed by atoms with E-state index in [0.29, 0.717) is 28.1 Å². The summed E-state index contributed by atoms with van der Waals surface area (Å²) in [5.74, 6) is -2.36. The lowest BCUT2D eigenvalue weighted by Crippen LogP contribution is -2.28. The van der Waals surface area contributed by atoms with E-state index in [9.17, 15) is 18.0 Å². The molecule has 0 saturated heterocycles. The summed E-state index contributed by atoms with van der Waals surface area (Å²) < 4.78 is 59.2. The van der Waals surface area contributed by atoms with Gasteiger partial charge in [0, 0.05) is 23.2 Å². The highest BCUT2D eigenvalue weighted by molar-refractivity contribution is 5.94. The van der Waals surface area contributed by atoms with Crippen LogP contribution in [0.1, 0.15) is 5.69 Å². The summed E-state index contributed by atoms with van der Waals surface area (Å²) in [5.41, 5.74) is 6.95. The van der Waals surface area contributed by atoms with Gasteiger partial charge in [-0.2, -0.15) is 18.2 Å². The Balaban J connectivity index is 1.86. The van der Waals surface area contributed by atoms with Crippen LogP contribution in [-0.2, 0) is 4.79 Å². The molecule has 4 aromatic rings. The molecule has 0 saturated carbocycles. The van der Waals surface area contributed by atoms with E-state index in [1.807, 2.05) is 0 Å². The van der Waals surface area contributed by atoms with Crippen LogP contribution in [0.15, 0.2) is 24.3 Å². The summed E-state index contributed by atoms with van der Waals surface area (Å²) in [6.07, 6.45) is -5.26. The molecule has 0 bridgehead atoms. The Hall–Kier alpha value is -4.62. The highest BCUT2D eigenvalue weighted by atomic mass is 19.4. The number of nitrogens with zero attached hydrogens (tertiary/aromatic N) is 4. The number of anilines is 3. The molecule has 3 N–H and O–H groups in total. The van der Waals surface area contributed by atoms with Crippen LogP contribution in [0, 0.1) is 6.92 Å². The molecular formula is C22H19F3N6O5. The van der Waals surface area contributed by atoms with Crippen molar-refractivity contribution in [2.45, 2.75) is 13.1 Å². The molecule has 4 rings (SSSR count). The largest absolute Gasteiger partial charge is 0.497 e. The van der Waals surface area contributed by atoms with Gasteiger partial charge in [0.2, 0.25) is 17.8 Å². The van der Waals surface area contributed by atoms with Crippen molar-refractivity contribution in [3.05, 3.63) is 30.0 Å². The first-order chi connectivity index (χ1) is 17.0. The van der Waals surface area contributed by atoms with Crippen LogP contribution in [-0.4, -0.2) is 53.4 Å². The van der Waals surface area contributed by atoms with Crippen molar-refractivity contribution >= 4 is 45.4 Å². The Bertz CT molecular complexity index is 1500. The first kappa shape index (κ1) is 24.5. The van der Waals surface area contributed by atoms with Crippen molar-refractivity contribution in [2.75, 3.05) is 32.4 Å². The number of methoxy groups -OCH3 is 3. The van der Waals surface area contributed by atoms with Crippen molar-refractivity contribution in [1.29, 1.82) is 0 Å². The van der Waals surface area contributed by atoms with E-state index in [2.05, 4.69) is 30.0 Å². The highest BCUT2D eigenvalue weighted by Gasteiger charge is 2.42. The molecule has 11 nitrogen and oxygen atoms in total. The third-order valence-corrected chi connectivity index (χ3v) is 5.00. The van der Waals surface area contributed by atoms with Crippen molar-refractivity contribution in [1.82, 2.24) is 19.9 Å². The molecule has 36 heavy (non-hydrogen) atoms. The molecule has 0 atom stereocenters. The summed E-state index contributed by atoms with van der Waals surface area (Å²) in [4.78, 5) is 28.6. The second-order valence-corrected chi connectivity index (χ2v) is 7.34. The normalized spacial score (nSPS) is 11.4. The van der Waals surface area contributed by atoms with E-state index < -0.39 is 18.0 Å². The van der Waals surface area contributed by atoms with E-state index >= 15 is 0 Å². The maximum atomic E-state index is 12.9. The molecule has 188 valence electrons. The predicted molar refractivity (Wildman–Crippen MR) is 123 cm³/mol. The number of aryl methyl sites for hydroxylation is 1. The Morgan fingerprint density at radius 1 is 0.861 bits per heavy atom. The average Bonchev–Trinajstić information content (AvgIpc) is 2.82. The van der Waals surface area contributed by atoms with E-state index in [0.717, 1.165) is 0 Å². The summed E-state index contributed by atoms with van der Waals surface area (Å²) >= 11 is 0. The molecule has 2 aromatic carbocycles. The van der Waals surface area contributed by atoms with Gasteiger partial charge in [-0.3, -0.25) is 5.32 Å². The van der Waals surface area contributed by atoms with Gasteiger partial charge in [-0.1, -0.05) is 0 Å². The number of aromatic nitrogens is 4. The van der Waals surface area contributed by atoms with E-state index in [4.69, 9.17) is 19.9 Å². The maximum absolute atomic E-state index is 12.9. The molecule has 0 spiro atoms. The zero-order valence-electron chi connectivity index (χ0n) is 19.4. The van der Waals surface area contributed by atoms with Gasteiger partial charge < -0.3 is 24.7 Å². The lowest BCUT2D eigenvalue weighted by molar-refractivity contribution is -0.189. The fraction of sp³-hybridized carbons (Fsp3) is 0.227.